The minimum atomic E-state index is -1.94. The van der Waals surface area contributed by atoms with E-state index in [1.165, 1.54) is 5.19 Å². The van der Waals surface area contributed by atoms with Gasteiger partial charge in [0.05, 0.1) is 27.8 Å². The number of carbonyl (C=O) groups is 1. The summed E-state index contributed by atoms with van der Waals surface area (Å²) in [6, 6.07) is 8.67. The number of carbonyl (C=O) groups excluding carboxylic acids is 1. The molecular weight excluding hydrogens is 466 g/mol. The fourth-order valence-electron chi connectivity index (χ4n) is 6.41. The molecule has 0 N–H and O–H groups in total. The molecule has 1 aliphatic heterocycles. The third-order valence-electron chi connectivity index (χ3n) is 8.51. The lowest BCUT2D eigenvalue weighted by molar-refractivity contribution is -0.132. The van der Waals surface area contributed by atoms with Gasteiger partial charge in [-0.05, 0) is 54.1 Å². The molecule has 6 heteroatoms. The smallest absolute Gasteiger partial charge is 0.223 e. The van der Waals surface area contributed by atoms with Crippen molar-refractivity contribution in [2.24, 2.45) is 0 Å². The van der Waals surface area contributed by atoms with Crippen molar-refractivity contribution in [2.45, 2.75) is 109 Å². The van der Waals surface area contributed by atoms with E-state index in [0.29, 0.717) is 35.6 Å². The number of hydrogen-bond acceptors (Lipinski definition) is 3. The Balaban J connectivity index is 2.17. The number of rotatable bonds is 12. The van der Waals surface area contributed by atoms with E-state index in [9.17, 15) is 4.79 Å². The molecule has 1 amide bonds. The second-order valence-electron chi connectivity index (χ2n) is 11.8. The Kier molecular flexibility index (Phi) is 10.9. The number of nitrogens with zero attached hydrogens (tertiary/aromatic N) is 1. The maximum absolute atomic E-state index is 13.7. The van der Waals surface area contributed by atoms with Gasteiger partial charge in [0.1, 0.15) is 5.75 Å². The Morgan fingerprint density at radius 3 is 2.11 bits per heavy atom. The lowest BCUT2D eigenvalue weighted by Crippen LogP contribution is -2.51. The van der Waals surface area contributed by atoms with E-state index in [2.05, 4.69) is 90.7 Å². The van der Waals surface area contributed by atoms with Gasteiger partial charge in [-0.2, -0.15) is 0 Å². The van der Waals surface area contributed by atoms with Crippen molar-refractivity contribution in [3.05, 3.63) is 36.4 Å². The van der Waals surface area contributed by atoms with Crippen LogP contribution in [-0.4, -0.2) is 53.5 Å². The van der Waals surface area contributed by atoms with Crippen molar-refractivity contribution in [2.75, 3.05) is 20.3 Å². The van der Waals surface area contributed by atoms with Gasteiger partial charge in [-0.3, -0.25) is 4.79 Å². The number of allylic oxidation sites excluding steroid dienone is 2. The first-order chi connectivity index (χ1) is 16.4. The molecule has 1 heterocycles. The summed E-state index contributed by atoms with van der Waals surface area (Å²) >= 11 is 0. The number of hydrogen-bond donors (Lipinski definition) is 0. The van der Waals surface area contributed by atoms with Crippen LogP contribution in [0.4, 0.5) is 0 Å². The van der Waals surface area contributed by atoms with Gasteiger partial charge in [-0.1, -0.05) is 84.1 Å². The zero-order valence-corrected chi connectivity index (χ0v) is 26.1. The van der Waals surface area contributed by atoms with Crippen molar-refractivity contribution >= 4 is 27.5 Å². The molecule has 0 spiro atoms. The Hall–Kier alpha value is -1.38. The minimum absolute atomic E-state index is 0.211. The van der Waals surface area contributed by atoms with Crippen LogP contribution in [-0.2, 0) is 9.22 Å². The fourth-order valence-corrected chi connectivity index (χ4v) is 14.7. The number of ether oxygens (including phenoxy) is 1. The molecule has 1 aromatic rings. The van der Waals surface area contributed by atoms with Gasteiger partial charge in [0.25, 0.3) is 0 Å². The minimum Gasteiger partial charge on any atom is -0.497 e. The fraction of sp³-hybridized carbons (Fsp3) is 0.690. The Labute approximate surface area is 217 Å². The van der Waals surface area contributed by atoms with Crippen LogP contribution < -0.4 is 9.92 Å². The monoisotopic (exact) mass is 517 g/mol. The van der Waals surface area contributed by atoms with Crippen molar-refractivity contribution in [1.29, 1.82) is 0 Å². The second-order valence-corrected chi connectivity index (χ2v) is 22.0. The highest BCUT2D eigenvalue weighted by molar-refractivity contribution is 6.91. The highest BCUT2D eigenvalue weighted by atomic mass is 28.4. The van der Waals surface area contributed by atoms with E-state index in [4.69, 9.17) is 9.16 Å². The molecule has 1 aliphatic rings. The van der Waals surface area contributed by atoms with Gasteiger partial charge >= 0.3 is 0 Å². The summed E-state index contributed by atoms with van der Waals surface area (Å²) in [5.74, 6) is 1.17. The average Bonchev–Trinajstić information content (AvgIpc) is 3.27. The molecule has 2 rings (SSSR count). The van der Waals surface area contributed by atoms with Crippen LogP contribution in [0.25, 0.3) is 0 Å². The summed E-state index contributed by atoms with van der Waals surface area (Å²) in [6.45, 7) is 22.4. The van der Waals surface area contributed by atoms with Crippen molar-refractivity contribution < 1.29 is 14.0 Å². The summed E-state index contributed by atoms with van der Waals surface area (Å²) in [6.07, 6.45) is 7.09. The third kappa shape index (κ3) is 6.69. The third-order valence-corrected chi connectivity index (χ3v) is 18.7. The van der Waals surface area contributed by atoms with Crippen LogP contribution in [0.15, 0.2) is 36.4 Å². The molecule has 35 heavy (non-hydrogen) atoms. The lowest BCUT2D eigenvalue weighted by Gasteiger charge is -2.43. The summed E-state index contributed by atoms with van der Waals surface area (Å²) in [5, 5.41) is 1.36. The van der Waals surface area contributed by atoms with Gasteiger partial charge < -0.3 is 14.1 Å². The van der Waals surface area contributed by atoms with Gasteiger partial charge in [0, 0.05) is 13.0 Å². The van der Waals surface area contributed by atoms with E-state index in [1.54, 1.807) is 7.11 Å². The first kappa shape index (κ1) is 29.9. The van der Waals surface area contributed by atoms with Crippen LogP contribution in [0.1, 0.15) is 67.7 Å². The number of amides is 1. The van der Waals surface area contributed by atoms with Gasteiger partial charge in [0.2, 0.25) is 5.91 Å². The molecule has 1 saturated heterocycles. The zero-order valence-electron chi connectivity index (χ0n) is 24.1. The molecule has 0 unspecified atom stereocenters. The zero-order chi connectivity index (χ0) is 26.4. The van der Waals surface area contributed by atoms with Crippen LogP contribution in [0.3, 0.4) is 0 Å². The van der Waals surface area contributed by atoms with Crippen molar-refractivity contribution in [3.8, 4) is 5.75 Å². The molecule has 0 bridgehead atoms. The van der Waals surface area contributed by atoms with E-state index in [0.717, 1.165) is 25.1 Å². The van der Waals surface area contributed by atoms with Crippen LogP contribution >= 0.6 is 0 Å². The van der Waals surface area contributed by atoms with Gasteiger partial charge in [0.15, 0.2) is 8.32 Å². The molecule has 198 valence electrons. The summed E-state index contributed by atoms with van der Waals surface area (Å²) in [4.78, 5) is 15.8. The maximum Gasteiger partial charge on any atom is 0.223 e. The largest absolute Gasteiger partial charge is 0.497 e. The molecule has 0 radical (unpaired) electrons. The normalized spacial score (nSPS) is 18.3. The topological polar surface area (TPSA) is 38.8 Å². The maximum atomic E-state index is 13.7. The molecule has 1 fully saturated rings. The molecule has 0 saturated carbocycles. The molecule has 1 aromatic carbocycles. The van der Waals surface area contributed by atoms with Crippen molar-refractivity contribution in [3.63, 3.8) is 0 Å². The number of likely N-dealkylation sites (tertiary alicyclic amines) is 1. The molecule has 0 aromatic heterocycles. The molecule has 4 nitrogen and oxygen atoms in total. The van der Waals surface area contributed by atoms with E-state index in [1.807, 2.05) is 12.1 Å². The van der Waals surface area contributed by atoms with Crippen LogP contribution in [0.5, 0.6) is 5.75 Å². The van der Waals surface area contributed by atoms with Gasteiger partial charge in [-0.25, -0.2) is 0 Å². The predicted molar refractivity (Wildman–Crippen MR) is 155 cm³/mol. The van der Waals surface area contributed by atoms with Crippen LogP contribution in [0.2, 0.25) is 35.3 Å². The van der Waals surface area contributed by atoms with Gasteiger partial charge in [-0.15, -0.1) is 0 Å². The summed E-state index contributed by atoms with van der Waals surface area (Å²) < 4.78 is 12.3. The standard InChI is InChI=1S/C29H51NO3Si2/c1-11-13-28(34(9,10)27-17-15-26(32-8)16-18-27)20-29(31)30-19-12-14-25(30)21-33-35(22(2)3,23(4)5)24(6)7/h11,13,15-18,22-25,28H,12,14,19-21H2,1-10H3/b13-11+/t25-,28-/m0/s1. The molecular formula is C29H51NO3Si2. The van der Waals surface area contributed by atoms with E-state index in [-0.39, 0.29) is 11.6 Å². The highest BCUT2D eigenvalue weighted by Gasteiger charge is 2.46. The van der Waals surface area contributed by atoms with E-state index < -0.39 is 16.4 Å². The highest BCUT2D eigenvalue weighted by Crippen LogP contribution is 2.42. The number of benzene rings is 1. The summed E-state index contributed by atoms with van der Waals surface area (Å²) in [5.41, 5.74) is 1.93. The SMILES string of the molecule is C/C=C/[C@@H](CC(=O)N1CCC[C@H]1CO[Si](C(C)C)(C(C)C)C(C)C)[Si](C)(C)c1ccc(OC)cc1. The van der Waals surface area contributed by atoms with Crippen molar-refractivity contribution in [1.82, 2.24) is 4.90 Å². The van der Waals surface area contributed by atoms with E-state index >= 15 is 0 Å². The lowest BCUT2D eigenvalue weighted by atomic mass is 10.2. The molecule has 2 atom stereocenters. The van der Waals surface area contributed by atoms with Crippen LogP contribution in [0, 0.1) is 0 Å². The molecule has 0 aliphatic carbocycles. The average molecular weight is 518 g/mol. The second kappa shape index (κ2) is 12.7. The number of methoxy groups -OCH3 is 1. The first-order valence-electron chi connectivity index (χ1n) is 13.6. The first-order valence-corrected chi connectivity index (χ1v) is 18.8. The summed E-state index contributed by atoms with van der Waals surface area (Å²) in [7, 11) is -2.15. The Morgan fingerprint density at radius 1 is 1.06 bits per heavy atom. The Morgan fingerprint density at radius 2 is 1.63 bits per heavy atom. The Bertz CT molecular complexity index is 811. The predicted octanol–water partition coefficient (Wildman–Crippen LogP) is 7.13. The quantitative estimate of drug-likeness (QED) is 0.219.